The summed E-state index contributed by atoms with van der Waals surface area (Å²) in [5.74, 6) is 0.296. The van der Waals surface area contributed by atoms with Crippen LogP contribution in [0.25, 0.3) is 0 Å². The first kappa shape index (κ1) is 11.1. The standard InChI is InChI=1S/C11H20N2O/c1-7(2)13-10(14)8(3)9(12-13)11(4,5)6/h7,14H,1-6H3. The highest BCUT2D eigenvalue weighted by Crippen LogP contribution is 2.31. The Morgan fingerprint density at radius 3 is 2.00 bits per heavy atom. The van der Waals surface area contributed by atoms with Crippen LogP contribution in [0.15, 0.2) is 0 Å². The zero-order valence-electron chi connectivity index (χ0n) is 9.92. The predicted octanol–water partition coefficient (Wildman–Crippen LogP) is 2.78. The molecule has 0 saturated carbocycles. The van der Waals surface area contributed by atoms with Gasteiger partial charge in [0.05, 0.1) is 11.7 Å². The molecule has 0 aliphatic rings. The predicted molar refractivity (Wildman–Crippen MR) is 57.7 cm³/mol. The Balaban J connectivity index is 3.29. The quantitative estimate of drug-likeness (QED) is 0.750. The largest absolute Gasteiger partial charge is 0.493 e. The normalized spacial score (nSPS) is 12.5. The molecule has 1 rings (SSSR count). The zero-order valence-corrected chi connectivity index (χ0v) is 9.92. The highest BCUT2D eigenvalue weighted by atomic mass is 16.3. The third-order valence-electron chi connectivity index (χ3n) is 2.31. The lowest BCUT2D eigenvalue weighted by Gasteiger charge is -2.15. The van der Waals surface area contributed by atoms with Crippen LogP contribution in [-0.2, 0) is 5.41 Å². The van der Waals surface area contributed by atoms with Crippen LogP contribution in [0.1, 0.15) is 51.9 Å². The molecular weight excluding hydrogens is 176 g/mol. The minimum atomic E-state index is -0.0122. The molecule has 0 atom stereocenters. The second-order valence-electron chi connectivity index (χ2n) is 5.09. The van der Waals surface area contributed by atoms with Gasteiger partial charge in [-0.2, -0.15) is 5.10 Å². The van der Waals surface area contributed by atoms with E-state index in [-0.39, 0.29) is 11.5 Å². The third kappa shape index (κ3) is 1.76. The van der Waals surface area contributed by atoms with Crippen molar-refractivity contribution in [3.05, 3.63) is 11.3 Å². The molecule has 1 aromatic rings. The Labute approximate surface area is 85.8 Å². The monoisotopic (exact) mass is 196 g/mol. The van der Waals surface area contributed by atoms with E-state index in [2.05, 4.69) is 25.9 Å². The van der Waals surface area contributed by atoms with Gasteiger partial charge in [-0.25, -0.2) is 4.68 Å². The Morgan fingerprint density at radius 1 is 1.29 bits per heavy atom. The van der Waals surface area contributed by atoms with Gasteiger partial charge in [0.1, 0.15) is 0 Å². The van der Waals surface area contributed by atoms with Crippen molar-refractivity contribution in [2.45, 2.75) is 53.0 Å². The molecule has 1 aromatic heterocycles. The van der Waals surface area contributed by atoms with E-state index in [0.29, 0.717) is 5.88 Å². The second-order valence-corrected chi connectivity index (χ2v) is 5.09. The number of aromatic nitrogens is 2. The van der Waals surface area contributed by atoms with Gasteiger partial charge in [0.25, 0.3) is 0 Å². The number of aromatic hydroxyl groups is 1. The second kappa shape index (κ2) is 3.30. The van der Waals surface area contributed by atoms with Crippen molar-refractivity contribution in [2.75, 3.05) is 0 Å². The van der Waals surface area contributed by atoms with Crippen LogP contribution in [0, 0.1) is 6.92 Å². The molecule has 0 fully saturated rings. The highest BCUT2D eigenvalue weighted by molar-refractivity contribution is 5.33. The molecule has 0 radical (unpaired) electrons. The van der Waals surface area contributed by atoms with Gasteiger partial charge in [-0.05, 0) is 20.8 Å². The average Bonchev–Trinajstić information content (AvgIpc) is 2.28. The first-order chi connectivity index (χ1) is 6.25. The van der Waals surface area contributed by atoms with E-state index in [4.69, 9.17) is 0 Å². The van der Waals surface area contributed by atoms with Crippen LogP contribution in [0.3, 0.4) is 0 Å². The summed E-state index contributed by atoms with van der Waals surface area (Å²) >= 11 is 0. The van der Waals surface area contributed by atoms with E-state index in [1.54, 1.807) is 4.68 Å². The molecule has 0 aliphatic heterocycles. The van der Waals surface area contributed by atoms with E-state index < -0.39 is 0 Å². The summed E-state index contributed by atoms with van der Waals surface area (Å²) in [5, 5.41) is 14.3. The Hall–Kier alpha value is -0.990. The summed E-state index contributed by atoms with van der Waals surface area (Å²) in [7, 11) is 0. The SMILES string of the molecule is Cc1c(C(C)(C)C)nn(C(C)C)c1O. The van der Waals surface area contributed by atoms with Crippen molar-refractivity contribution < 1.29 is 5.11 Å². The number of rotatable bonds is 1. The highest BCUT2D eigenvalue weighted by Gasteiger charge is 2.24. The lowest BCUT2D eigenvalue weighted by molar-refractivity contribution is 0.373. The molecule has 0 saturated heterocycles. The smallest absolute Gasteiger partial charge is 0.212 e. The van der Waals surface area contributed by atoms with Crippen LogP contribution < -0.4 is 0 Å². The van der Waals surface area contributed by atoms with E-state index >= 15 is 0 Å². The molecular formula is C11H20N2O. The average molecular weight is 196 g/mol. The van der Waals surface area contributed by atoms with Gasteiger partial charge in [0.15, 0.2) is 0 Å². The molecule has 0 unspecified atom stereocenters. The Bertz CT molecular complexity index is 332. The molecule has 0 aromatic carbocycles. The van der Waals surface area contributed by atoms with Gasteiger partial charge < -0.3 is 5.11 Å². The molecule has 0 aliphatic carbocycles. The van der Waals surface area contributed by atoms with E-state index in [1.807, 2.05) is 20.8 Å². The van der Waals surface area contributed by atoms with Crippen molar-refractivity contribution in [3.8, 4) is 5.88 Å². The molecule has 0 bridgehead atoms. The molecule has 0 amide bonds. The lowest BCUT2D eigenvalue weighted by Crippen LogP contribution is -2.14. The Kier molecular flexibility index (Phi) is 2.61. The fraction of sp³-hybridized carbons (Fsp3) is 0.727. The van der Waals surface area contributed by atoms with Crippen LogP contribution in [0.2, 0.25) is 0 Å². The van der Waals surface area contributed by atoms with Crippen molar-refractivity contribution in [1.82, 2.24) is 9.78 Å². The van der Waals surface area contributed by atoms with Gasteiger partial charge in [0.2, 0.25) is 5.88 Å². The summed E-state index contributed by atoms with van der Waals surface area (Å²) in [6.45, 7) is 12.3. The molecule has 0 spiro atoms. The van der Waals surface area contributed by atoms with Crippen molar-refractivity contribution in [2.24, 2.45) is 0 Å². The molecule has 3 nitrogen and oxygen atoms in total. The van der Waals surface area contributed by atoms with E-state index in [1.165, 1.54) is 0 Å². The maximum Gasteiger partial charge on any atom is 0.212 e. The Morgan fingerprint density at radius 2 is 1.79 bits per heavy atom. The minimum absolute atomic E-state index is 0.0122. The van der Waals surface area contributed by atoms with Gasteiger partial charge in [-0.15, -0.1) is 0 Å². The summed E-state index contributed by atoms with van der Waals surface area (Å²) in [4.78, 5) is 0. The topological polar surface area (TPSA) is 38.0 Å². The van der Waals surface area contributed by atoms with Crippen molar-refractivity contribution >= 4 is 0 Å². The van der Waals surface area contributed by atoms with E-state index in [0.717, 1.165) is 11.3 Å². The summed E-state index contributed by atoms with van der Waals surface area (Å²) in [5.41, 5.74) is 1.86. The summed E-state index contributed by atoms with van der Waals surface area (Å²) in [6.07, 6.45) is 0. The van der Waals surface area contributed by atoms with Gasteiger partial charge in [0, 0.05) is 11.0 Å². The first-order valence-corrected chi connectivity index (χ1v) is 5.03. The van der Waals surface area contributed by atoms with E-state index in [9.17, 15) is 5.11 Å². The fourth-order valence-electron chi connectivity index (χ4n) is 1.58. The van der Waals surface area contributed by atoms with Crippen LogP contribution >= 0.6 is 0 Å². The van der Waals surface area contributed by atoms with Crippen LogP contribution in [0.5, 0.6) is 5.88 Å². The maximum absolute atomic E-state index is 9.85. The third-order valence-corrected chi connectivity index (χ3v) is 2.31. The fourth-order valence-corrected chi connectivity index (χ4v) is 1.58. The minimum Gasteiger partial charge on any atom is -0.493 e. The van der Waals surface area contributed by atoms with Crippen LogP contribution in [-0.4, -0.2) is 14.9 Å². The number of hydrogen-bond donors (Lipinski definition) is 1. The molecule has 14 heavy (non-hydrogen) atoms. The van der Waals surface area contributed by atoms with Gasteiger partial charge >= 0.3 is 0 Å². The lowest BCUT2D eigenvalue weighted by atomic mass is 9.90. The summed E-state index contributed by atoms with van der Waals surface area (Å²) < 4.78 is 1.68. The molecule has 1 heterocycles. The molecule has 80 valence electrons. The molecule has 1 N–H and O–H groups in total. The van der Waals surface area contributed by atoms with Crippen molar-refractivity contribution in [3.63, 3.8) is 0 Å². The molecule has 3 heteroatoms. The first-order valence-electron chi connectivity index (χ1n) is 5.03. The zero-order chi connectivity index (χ0) is 11.1. The van der Waals surface area contributed by atoms with Crippen molar-refractivity contribution in [1.29, 1.82) is 0 Å². The summed E-state index contributed by atoms with van der Waals surface area (Å²) in [6, 6.07) is 0.199. The van der Waals surface area contributed by atoms with Crippen LogP contribution in [0.4, 0.5) is 0 Å². The number of hydrogen-bond acceptors (Lipinski definition) is 2. The number of nitrogens with zero attached hydrogens (tertiary/aromatic N) is 2. The van der Waals surface area contributed by atoms with Gasteiger partial charge in [-0.1, -0.05) is 20.8 Å². The maximum atomic E-state index is 9.85. The van der Waals surface area contributed by atoms with Gasteiger partial charge in [-0.3, -0.25) is 0 Å².